The van der Waals surface area contributed by atoms with Crippen LogP contribution in [0, 0.1) is 0 Å². The van der Waals surface area contributed by atoms with Crippen molar-refractivity contribution in [2.75, 3.05) is 6.61 Å². The van der Waals surface area contributed by atoms with Crippen LogP contribution in [0.25, 0.3) is 0 Å². The van der Waals surface area contributed by atoms with Gasteiger partial charge in [0.1, 0.15) is 5.75 Å². The van der Waals surface area contributed by atoms with E-state index in [2.05, 4.69) is 9.93 Å². The molecule has 0 radical (unpaired) electrons. The zero-order valence-electron chi connectivity index (χ0n) is 11.9. The van der Waals surface area contributed by atoms with E-state index in [1.807, 2.05) is 19.1 Å². The van der Waals surface area contributed by atoms with Gasteiger partial charge in [-0.25, -0.2) is 4.83 Å². The average molecular weight is 339 g/mol. The number of para-hydroxylation sites is 1. The first kappa shape index (κ1) is 16.3. The Morgan fingerprint density at radius 1 is 1.18 bits per heavy atom. The summed E-state index contributed by atoms with van der Waals surface area (Å²) in [7, 11) is -3.72. The van der Waals surface area contributed by atoms with Crippen LogP contribution in [0.1, 0.15) is 12.5 Å². The van der Waals surface area contributed by atoms with Gasteiger partial charge in [-0.15, -0.1) is 0 Å². The molecule has 116 valence electrons. The van der Waals surface area contributed by atoms with Crippen LogP contribution in [0.4, 0.5) is 0 Å². The van der Waals surface area contributed by atoms with Gasteiger partial charge in [-0.1, -0.05) is 23.7 Å². The van der Waals surface area contributed by atoms with Gasteiger partial charge in [0.05, 0.1) is 17.7 Å². The molecule has 0 amide bonds. The Bertz CT molecular complexity index is 759. The van der Waals surface area contributed by atoms with Crippen LogP contribution >= 0.6 is 11.6 Å². The maximum absolute atomic E-state index is 12.0. The largest absolute Gasteiger partial charge is 0.493 e. The summed E-state index contributed by atoms with van der Waals surface area (Å²) >= 11 is 5.73. The van der Waals surface area contributed by atoms with Crippen molar-refractivity contribution in [2.45, 2.75) is 11.8 Å². The summed E-state index contributed by atoms with van der Waals surface area (Å²) in [5.74, 6) is 0.638. The normalized spacial score (nSPS) is 11.5. The molecule has 0 fully saturated rings. The molecule has 2 rings (SSSR count). The van der Waals surface area contributed by atoms with Gasteiger partial charge in [0.2, 0.25) is 0 Å². The second-order valence-corrected chi connectivity index (χ2v) is 6.37. The lowest BCUT2D eigenvalue weighted by molar-refractivity contribution is 0.340. The molecular weight excluding hydrogens is 324 g/mol. The fraction of sp³-hybridized carbons (Fsp3) is 0.133. The van der Waals surface area contributed by atoms with Gasteiger partial charge in [0.15, 0.2) is 0 Å². The van der Waals surface area contributed by atoms with Gasteiger partial charge in [-0.2, -0.15) is 13.5 Å². The van der Waals surface area contributed by atoms with E-state index in [4.69, 9.17) is 16.3 Å². The second kappa shape index (κ2) is 7.29. The Morgan fingerprint density at radius 2 is 1.86 bits per heavy atom. The number of nitrogens with one attached hydrogen (secondary N) is 1. The van der Waals surface area contributed by atoms with Crippen LogP contribution < -0.4 is 9.57 Å². The highest BCUT2D eigenvalue weighted by atomic mass is 35.5. The predicted octanol–water partition coefficient (Wildman–Crippen LogP) is 3.05. The van der Waals surface area contributed by atoms with Crippen LogP contribution in [0.5, 0.6) is 5.75 Å². The summed E-state index contributed by atoms with van der Waals surface area (Å²) in [5, 5.41) is 4.24. The predicted molar refractivity (Wildman–Crippen MR) is 87.0 cm³/mol. The smallest absolute Gasteiger partial charge is 0.276 e. The highest BCUT2D eigenvalue weighted by Crippen LogP contribution is 2.16. The fourth-order valence-corrected chi connectivity index (χ4v) is 2.62. The van der Waals surface area contributed by atoms with Crippen molar-refractivity contribution in [3.8, 4) is 5.75 Å². The lowest BCUT2D eigenvalue weighted by atomic mass is 10.2. The number of halogens is 1. The van der Waals surface area contributed by atoms with E-state index in [0.29, 0.717) is 22.9 Å². The lowest BCUT2D eigenvalue weighted by Gasteiger charge is -2.06. The monoisotopic (exact) mass is 338 g/mol. The molecule has 0 unspecified atom stereocenters. The summed E-state index contributed by atoms with van der Waals surface area (Å²) < 4.78 is 29.5. The van der Waals surface area contributed by atoms with Gasteiger partial charge < -0.3 is 4.74 Å². The Labute approximate surface area is 134 Å². The topological polar surface area (TPSA) is 67.8 Å². The minimum absolute atomic E-state index is 0.0899. The first-order valence-electron chi connectivity index (χ1n) is 6.55. The first-order chi connectivity index (χ1) is 10.5. The molecule has 0 aliphatic carbocycles. The van der Waals surface area contributed by atoms with Crippen molar-refractivity contribution in [1.29, 1.82) is 0 Å². The van der Waals surface area contributed by atoms with Crippen LogP contribution in [-0.2, 0) is 10.0 Å². The number of nitrogens with zero attached hydrogens (tertiary/aromatic N) is 1. The minimum Gasteiger partial charge on any atom is -0.493 e. The van der Waals surface area contributed by atoms with Gasteiger partial charge in [0, 0.05) is 10.6 Å². The van der Waals surface area contributed by atoms with Crippen LogP contribution in [0.15, 0.2) is 58.5 Å². The number of benzene rings is 2. The number of hydrazone groups is 1. The summed E-state index contributed by atoms with van der Waals surface area (Å²) in [4.78, 5) is 2.25. The summed E-state index contributed by atoms with van der Waals surface area (Å²) in [6.07, 6.45) is 1.40. The molecule has 22 heavy (non-hydrogen) atoms. The van der Waals surface area contributed by atoms with E-state index >= 15 is 0 Å². The third kappa shape index (κ3) is 4.22. The van der Waals surface area contributed by atoms with Crippen molar-refractivity contribution in [3.05, 3.63) is 59.1 Å². The van der Waals surface area contributed by atoms with E-state index in [1.54, 1.807) is 12.1 Å². The molecule has 0 saturated heterocycles. The molecule has 0 aromatic heterocycles. The third-order valence-corrected chi connectivity index (χ3v) is 4.21. The van der Waals surface area contributed by atoms with Crippen molar-refractivity contribution in [1.82, 2.24) is 4.83 Å². The Morgan fingerprint density at radius 3 is 2.55 bits per heavy atom. The zero-order valence-corrected chi connectivity index (χ0v) is 13.4. The quantitative estimate of drug-likeness (QED) is 0.650. The van der Waals surface area contributed by atoms with E-state index in [9.17, 15) is 8.42 Å². The van der Waals surface area contributed by atoms with Crippen molar-refractivity contribution in [2.24, 2.45) is 5.10 Å². The average Bonchev–Trinajstić information content (AvgIpc) is 2.49. The first-order valence-corrected chi connectivity index (χ1v) is 8.41. The van der Waals surface area contributed by atoms with Gasteiger partial charge in [-0.3, -0.25) is 0 Å². The number of hydrogen-bond donors (Lipinski definition) is 1. The summed E-state index contributed by atoms with van der Waals surface area (Å²) in [5.41, 5.74) is 0.683. The molecule has 0 atom stereocenters. The van der Waals surface area contributed by atoms with E-state index in [-0.39, 0.29) is 4.90 Å². The van der Waals surface area contributed by atoms with Crippen LogP contribution in [0.2, 0.25) is 5.02 Å². The highest BCUT2D eigenvalue weighted by Gasteiger charge is 2.12. The molecule has 2 aromatic rings. The van der Waals surface area contributed by atoms with Gasteiger partial charge >= 0.3 is 0 Å². The molecule has 2 aromatic carbocycles. The third-order valence-electron chi connectivity index (χ3n) is 2.72. The number of rotatable bonds is 6. The maximum Gasteiger partial charge on any atom is 0.276 e. The SMILES string of the molecule is CCOc1ccccc1C=NNS(=O)(=O)c1ccc(Cl)cc1. The van der Waals surface area contributed by atoms with Crippen molar-refractivity contribution < 1.29 is 13.2 Å². The molecule has 0 saturated carbocycles. The molecule has 0 aliphatic rings. The van der Waals surface area contributed by atoms with Crippen LogP contribution in [-0.4, -0.2) is 21.2 Å². The standard InChI is InChI=1S/C15H15ClN2O3S/c1-2-21-15-6-4-3-5-12(15)11-17-18-22(19,20)14-9-7-13(16)8-10-14/h3-11,18H,2H2,1H3. The molecule has 0 bridgehead atoms. The van der Waals surface area contributed by atoms with Crippen LogP contribution in [0.3, 0.4) is 0 Å². The van der Waals surface area contributed by atoms with Crippen molar-refractivity contribution in [3.63, 3.8) is 0 Å². The molecule has 0 aliphatic heterocycles. The van der Waals surface area contributed by atoms with E-state index < -0.39 is 10.0 Å². The molecule has 1 N–H and O–H groups in total. The van der Waals surface area contributed by atoms with Gasteiger partial charge in [0.25, 0.3) is 10.0 Å². The Hall–Kier alpha value is -2.05. The van der Waals surface area contributed by atoms with Crippen molar-refractivity contribution >= 4 is 27.8 Å². The molecule has 5 nitrogen and oxygen atoms in total. The van der Waals surface area contributed by atoms with E-state index in [0.717, 1.165) is 0 Å². The fourth-order valence-electron chi connectivity index (χ4n) is 1.71. The second-order valence-electron chi connectivity index (χ2n) is 4.28. The van der Waals surface area contributed by atoms with Gasteiger partial charge in [-0.05, 0) is 43.3 Å². The highest BCUT2D eigenvalue weighted by molar-refractivity contribution is 7.89. The number of ether oxygens (including phenoxy) is 1. The maximum atomic E-state index is 12.0. The Kier molecular flexibility index (Phi) is 5.41. The zero-order chi connectivity index (χ0) is 16.0. The molecule has 0 heterocycles. The number of sulfonamides is 1. The minimum atomic E-state index is -3.72. The summed E-state index contributed by atoms with van der Waals surface area (Å²) in [6, 6.07) is 13.1. The number of hydrogen-bond acceptors (Lipinski definition) is 4. The molecular formula is C15H15ClN2O3S. The lowest BCUT2D eigenvalue weighted by Crippen LogP contribution is -2.18. The molecule has 0 spiro atoms. The Balaban J connectivity index is 2.13. The molecule has 7 heteroatoms. The summed E-state index contributed by atoms with van der Waals surface area (Å²) in [6.45, 7) is 2.39. The van der Waals surface area contributed by atoms with E-state index in [1.165, 1.54) is 30.5 Å².